The molecule has 0 aliphatic carbocycles. The fourth-order valence-corrected chi connectivity index (χ4v) is 7.03. The number of rotatable bonds is 33. The largest absolute Gasteiger partial charge is 0.397 e. The van der Waals surface area contributed by atoms with E-state index in [1.165, 1.54) is 89.9 Å². The summed E-state index contributed by atoms with van der Waals surface area (Å²) in [7, 11) is -5.10. The Labute approximate surface area is 308 Å². The van der Waals surface area contributed by atoms with Crippen LogP contribution in [0.2, 0.25) is 0 Å². The molecule has 8 atom stereocenters. The lowest BCUT2D eigenvalue weighted by Crippen LogP contribution is -2.61. The maximum Gasteiger partial charge on any atom is 0.397 e. The van der Waals surface area contributed by atoms with Gasteiger partial charge in [-0.05, 0) is 12.8 Å². The topological polar surface area (TPSA) is 212 Å². The smallest absolute Gasteiger partial charge is 0.394 e. The molecule has 0 bridgehead atoms. The quantitative estimate of drug-likeness (QED) is 0.0339. The van der Waals surface area contributed by atoms with E-state index in [4.69, 9.17) is 14.0 Å². The minimum absolute atomic E-state index is 0.264. The highest BCUT2D eigenvalue weighted by molar-refractivity contribution is 7.80. The van der Waals surface area contributed by atoms with Crippen molar-refractivity contribution in [2.45, 2.75) is 217 Å². The lowest BCUT2D eigenvalue weighted by molar-refractivity contribution is -0.298. The Kier molecular flexibility index (Phi) is 27.7. The van der Waals surface area contributed by atoms with E-state index in [-0.39, 0.29) is 6.42 Å². The molecule has 0 aromatic carbocycles. The van der Waals surface area contributed by atoms with Gasteiger partial charge in [-0.15, -0.1) is 0 Å². The predicted molar refractivity (Wildman–Crippen MR) is 196 cm³/mol. The van der Waals surface area contributed by atoms with E-state index in [2.05, 4.69) is 23.3 Å². The molecule has 0 aromatic heterocycles. The lowest BCUT2D eigenvalue weighted by atomic mass is 9.99. The Morgan fingerprint density at radius 1 is 0.706 bits per heavy atom. The van der Waals surface area contributed by atoms with Gasteiger partial charge in [-0.2, -0.15) is 8.42 Å². The summed E-state index contributed by atoms with van der Waals surface area (Å²) >= 11 is 0. The molecule has 13 nitrogen and oxygen atoms in total. The van der Waals surface area contributed by atoms with Gasteiger partial charge in [0.1, 0.15) is 30.5 Å². The van der Waals surface area contributed by atoms with Crippen molar-refractivity contribution in [2.24, 2.45) is 0 Å². The number of carbonyl (C=O) groups excluding carboxylic acids is 1. The van der Waals surface area contributed by atoms with Crippen LogP contribution in [0.5, 0.6) is 0 Å². The standard InChI is InChI=1S/C37H73NO12S/c1-3-5-7-9-11-13-15-17-19-21-23-25-30(40)29(28-48-37-34(43)35(50-51(45,46)47)33(42)32(27-39)49-37)38-36(44)31(41)26-24-22-20-18-16-14-12-10-8-6-4-2/h29-35,37,39-43H,3-28H2,1-2H3,(H,38,44)(H,45,46,47). The van der Waals surface area contributed by atoms with Gasteiger partial charge in [0.2, 0.25) is 5.91 Å². The van der Waals surface area contributed by atoms with Crippen LogP contribution < -0.4 is 5.32 Å². The molecule has 0 radical (unpaired) electrons. The van der Waals surface area contributed by atoms with E-state index in [1.807, 2.05) is 0 Å². The van der Waals surface area contributed by atoms with Crippen molar-refractivity contribution < 1.29 is 57.0 Å². The minimum atomic E-state index is -5.10. The van der Waals surface area contributed by atoms with E-state index in [9.17, 15) is 38.7 Å². The van der Waals surface area contributed by atoms with Crippen LogP contribution in [-0.4, -0.2) is 107 Å². The average Bonchev–Trinajstić information content (AvgIpc) is 3.09. The summed E-state index contributed by atoms with van der Waals surface area (Å²) in [5.41, 5.74) is 0. The summed E-state index contributed by atoms with van der Waals surface area (Å²) in [6.45, 7) is 3.22. The van der Waals surface area contributed by atoms with Crippen molar-refractivity contribution in [3.8, 4) is 0 Å². The fourth-order valence-electron chi connectivity index (χ4n) is 6.52. The molecule has 7 N–H and O–H groups in total. The minimum Gasteiger partial charge on any atom is -0.394 e. The molecule has 51 heavy (non-hydrogen) atoms. The highest BCUT2D eigenvalue weighted by Gasteiger charge is 2.48. The van der Waals surface area contributed by atoms with Crippen LogP contribution in [0.25, 0.3) is 0 Å². The predicted octanol–water partition coefficient (Wildman–Crippen LogP) is 5.24. The molecular weight excluding hydrogens is 682 g/mol. The number of amides is 1. The second kappa shape index (κ2) is 29.4. The molecule has 0 saturated carbocycles. The lowest BCUT2D eigenvalue weighted by Gasteiger charge is -2.41. The molecule has 8 unspecified atom stereocenters. The molecule has 1 fully saturated rings. The van der Waals surface area contributed by atoms with Gasteiger partial charge in [0.05, 0.1) is 25.4 Å². The first-order chi connectivity index (χ1) is 24.4. The Balaban J connectivity index is 2.66. The van der Waals surface area contributed by atoms with E-state index in [0.29, 0.717) is 19.3 Å². The number of hydrogen-bond donors (Lipinski definition) is 7. The second-order valence-corrected chi connectivity index (χ2v) is 15.4. The molecule has 1 heterocycles. The summed E-state index contributed by atoms with van der Waals surface area (Å²) < 4.78 is 47.3. The van der Waals surface area contributed by atoms with Crippen LogP contribution >= 0.6 is 0 Å². The normalized spacial score (nSPS) is 22.9. The van der Waals surface area contributed by atoms with Crippen LogP contribution in [0.3, 0.4) is 0 Å². The second-order valence-electron chi connectivity index (χ2n) is 14.4. The van der Waals surface area contributed by atoms with Gasteiger partial charge in [-0.3, -0.25) is 9.35 Å². The van der Waals surface area contributed by atoms with Gasteiger partial charge in [0, 0.05) is 0 Å². The highest BCUT2D eigenvalue weighted by atomic mass is 32.3. The molecule has 1 amide bonds. The molecule has 1 aliphatic heterocycles. The van der Waals surface area contributed by atoms with E-state index >= 15 is 0 Å². The average molecular weight is 756 g/mol. The van der Waals surface area contributed by atoms with E-state index in [1.54, 1.807) is 0 Å². The third-order valence-electron chi connectivity index (χ3n) is 9.77. The zero-order valence-corrected chi connectivity index (χ0v) is 32.4. The molecule has 304 valence electrons. The Bertz CT molecular complexity index is 958. The Hall–Kier alpha value is -0.940. The first-order valence-corrected chi connectivity index (χ1v) is 21.4. The summed E-state index contributed by atoms with van der Waals surface area (Å²) in [6.07, 6.45) is 14.5. The summed E-state index contributed by atoms with van der Waals surface area (Å²) in [6, 6.07) is -1.02. The third kappa shape index (κ3) is 22.8. The summed E-state index contributed by atoms with van der Waals surface area (Å²) in [5, 5.41) is 55.0. The Morgan fingerprint density at radius 3 is 1.57 bits per heavy atom. The van der Waals surface area contributed by atoms with Gasteiger partial charge in [-0.1, -0.05) is 155 Å². The summed E-state index contributed by atoms with van der Waals surface area (Å²) in [5.74, 6) is -0.671. The van der Waals surface area contributed by atoms with Crippen LogP contribution in [0.15, 0.2) is 0 Å². The van der Waals surface area contributed by atoms with Gasteiger partial charge in [-0.25, -0.2) is 4.18 Å². The van der Waals surface area contributed by atoms with E-state index < -0.39 is 78.5 Å². The number of hydrogen-bond acceptors (Lipinski definition) is 11. The van der Waals surface area contributed by atoms with Crippen LogP contribution in [-0.2, 0) is 28.9 Å². The maximum atomic E-state index is 13.0. The van der Waals surface area contributed by atoms with Crippen molar-refractivity contribution in [2.75, 3.05) is 13.2 Å². The van der Waals surface area contributed by atoms with Crippen LogP contribution in [0, 0.1) is 0 Å². The van der Waals surface area contributed by atoms with Gasteiger partial charge in [0.15, 0.2) is 6.29 Å². The number of ether oxygens (including phenoxy) is 2. The zero-order valence-electron chi connectivity index (χ0n) is 31.5. The highest BCUT2D eigenvalue weighted by Crippen LogP contribution is 2.26. The Morgan fingerprint density at radius 2 is 1.14 bits per heavy atom. The zero-order chi connectivity index (χ0) is 37.9. The van der Waals surface area contributed by atoms with Crippen LogP contribution in [0.4, 0.5) is 0 Å². The monoisotopic (exact) mass is 755 g/mol. The number of aliphatic hydroxyl groups excluding tert-OH is 5. The SMILES string of the molecule is CCCCCCCCCCCCCC(O)C(=O)NC(COC1OC(CO)C(O)C(OS(=O)(=O)O)C1O)C(O)CCCCCCCCCCCCC. The third-order valence-corrected chi connectivity index (χ3v) is 10.2. The van der Waals surface area contributed by atoms with Crippen molar-refractivity contribution in [3.63, 3.8) is 0 Å². The van der Waals surface area contributed by atoms with Gasteiger partial charge >= 0.3 is 10.4 Å². The molecule has 1 rings (SSSR count). The fraction of sp³-hybridized carbons (Fsp3) is 0.973. The van der Waals surface area contributed by atoms with Gasteiger partial charge in [0.25, 0.3) is 0 Å². The van der Waals surface area contributed by atoms with Crippen molar-refractivity contribution >= 4 is 16.3 Å². The van der Waals surface area contributed by atoms with Crippen molar-refractivity contribution in [3.05, 3.63) is 0 Å². The molecule has 1 saturated heterocycles. The molecule has 0 spiro atoms. The van der Waals surface area contributed by atoms with Crippen LogP contribution in [0.1, 0.15) is 168 Å². The first kappa shape index (κ1) is 48.1. The number of aliphatic hydroxyl groups is 5. The number of unbranched alkanes of at least 4 members (excludes halogenated alkanes) is 20. The maximum absolute atomic E-state index is 13.0. The van der Waals surface area contributed by atoms with Crippen molar-refractivity contribution in [1.82, 2.24) is 5.32 Å². The van der Waals surface area contributed by atoms with Gasteiger partial charge < -0.3 is 40.3 Å². The number of nitrogens with one attached hydrogen (secondary N) is 1. The molecule has 1 aliphatic rings. The first-order valence-electron chi connectivity index (χ1n) is 20.0. The molecule has 14 heteroatoms. The number of carbonyl (C=O) groups is 1. The van der Waals surface area contributed by atoms with E-state index in [0.717, 1.165) is 38.5 Å². The molecular formula is C37H73NO12S. The van der Waals surface area contributed by atoms with Crippen molar-refractivity contribution in [1.29, 1.82) is 0 Å². The molecule has 0 aromatic rings. The summed E-state index contributed by atoms with van der Waals surface area (Å²) in [4.78, 5) is 13.0.